The summed E-state index contributed by atoms with van der Waals surface area (Å²) in [5.41, 5.74) is 2.05. The summed E-state index contributed by atoms with van der Waals surface area (Å²) in [5.74, 6) is 0.527. The molecule has 0 atom stereocenters. The van der Waals surface area contributed by atoms with E-state index in [9.17, 15) is 4.79 Å². The fourth-order valence-corrected chi connectivity index (χ4v) is 3.47. The highest BCUT2D eigenvalue weighted by atomic mass is 35.5. The largest absolute Gasteiger partial charge is 0.460 e. The minimum Gasteiger partial charge on any atom is -0.460 e. The lowest BCUT2D eigenvalue weighted by Gasteiger charge is -2.27. The summed E-state index contributed by atoms with van der Waals surface area (Å²) in [6.07, 6.45) is 3.69. The first-order chi connectivity index (χ1) is 11.0. The lowest BCUT2D eigenvalue weighted by molar-refractivity contribution is -0.152. The summed E-state index contributed by atoms with van der Waals surface area (Å²) in [4.78, 5) is 12.9. The minimum absolute atomic E-state index is 0.169. The number of rotatable bonds is 4. The van der Waals surface area contributed by atoms with Crippen molar-refractivity contribution in [1.29, 1.82) is 0 Å². The predicted octanol–water partition coefficient (Wildman–Crippen LogP) is 4.50. The lowest BCUT2D eigenvalue weighted by Crippen LogP contribution is -2.34. The van der Waals surface area contributed by atoms with Crippen LogP contribution in [-0.4, -0.2) is 11.1 Å². The van der Waals surface area contributed by atoms with E-state index in [-0.39, 0.29) is 12.6 Å². The molecular formula is C18H20ClNO3. The minimum atomic E-state index is -0.552. The number of benzene rings is 1. The number of carbonyl (C=O) groups excluding carboxylic acids is 1. The quantitative estimate of drug-likeness (QED) is 0.773. The first kappa shape index (κ1) is 16.1. The Labute approximate surface area is 140 Å². The Morgan fingerprint density at radius 1 is 1.26 bits per heavy atom. The number of carbonyl (C=O) groups is 1. The normalized spacial score (nSPS) is 16.5. The van der Waals surface area contributed by atoms with E-state index in [0.717, 1.165) is 42.5 Å². The Hall–Kier alpha value is -1.81. The second-order valence-corrected chi connectivity index (χ2v) is 6.61. The molecule has 0 saturated heterocycles. The molecule has 1 aromatic carbocycles. The molecule has 1 fully saturated rings. The van der Waals surface area contributed by atoms with E-state index < -0.39 is 5.41 Å². The van der Waals surface area contributed by atoms with Crippen LogP contribution < -0.4 is 0 Å². The summed E-state index contributed by atoms with van der Waals surface area (Å²) in [7, 11) is 0. The highest BCUT2D eigenvalue weighted by molar-refractivity contribution is 6.30. The second-order valence-electron chi connectivity index (χ2n) is 6.17. The molecule has 0 bridgehead atoms. The van der Waals surface area contributed by atoms with Gasteiger partial charge in [0.15, 0.2) is 0 Å². The average molecular weight is 334 g/mol. The van der Waals surface area contributed by atoms with Crippen molar-refractivity contribution < 1.29 is 14.1 Å². The van der Waals surface area contributed by atoms with Gasteiger partial charge in [-0.15, -0.1) is 0 Å². The summed E-state index contributed by atoms with van der Waals surface area (Å²) in [5, 5.41) is 4.57. The Balaban J connectivity index is 1.81. The van der Waals surface area contributed by atoms with Crippen LogP contribution in [0.15, 0.2) is 28.8 Å². The van der Waals surface area contributed by atoms with E-state index in [4.69, 9.17) is 20.9 Å². The molecular weight excluding hydrogens is 314 g/mol. The van der Waals surface area contributed by atoms with Gasteiger partial charge in [0.05, 0.1) is 16.7 Å². The molecule has 0 aliphatic heterocycles. The fraction of sp³-hybridized carbons (Fsp3) is 0.444. The van der Waals surface area contributed by atoms with Gasteiger partial charge in [0.1, 0.15) is 12.4 Å². The predicted molar refractivity (Wildman–Crippen MR) is 87.4 cm³/mol. The SMILES string of the molecule is Cc1noc(C)c1COC(=O)C1(c2ccc(Cl)cc2)CCCC1. The van der Waals surface area contributed by atoms with Crippen molar-refractivity contribution in [3.05, 3.63) is 51.9 Å². The van der Waals surface area contributed by atoms with Gasteiger partial charge in [-0.05, 0) is 44.4 Å². The average Bonchev–Trinajstić information content (AvgIpc) is 3.15. The lowest BCUT2D eigenvalue weighted by atomic mass is 9.79. The van der Waals surface area contributed by atoms with Gasteiger partial charge in [-0.1, -0.05) is 41.7 Å². The molecule has 5 heteroatoms. The molecule has 0 radical (unpaired) electrons. The van der Waals surface area contributed by atoms with E-state index in [2.05, 4.69) is 5.16 Å². The maximum Gasteiger partial charge on any atom is 0.316 e. The maximum atomic E-state index is 12.9. The number of ether oxygens (including phenoxy) is 1. The summed E-state index contributed by atoms with van der Waals surface area (Å²) < 4.78 is 10.8. The van der Waals surface area contributed by atoms with E-state index >= 15 is 0 Å². The third-order valence-corrected chi connectivity index (χ3v) is 5.03. The zero-order chi connectivity index (χ0) is 16.4. The Kier molecular flexibility index (Phi) is 4.44. The van der Waals surface area contributed by atoms with Crippen LogP contribution in [0, 0.1) is 13.8 Å². The molecule has 0 N–H and O–H groups in total. The third kappa shape index (κ3) is 3.00. The van der Waals surface area contributed by atoms with Crippen LogP contribution in [0.2, 0.25) is 5.02 Å². The van der Waals surface area contributed by atoms with Crippen molar-refractivity contribution >= 4 is 17.6 Å². The zero-order valence-corrected chi connectivity index (χ0v) is 14.2. The Morgan fingerprint density at radius 3 is 2.48 bits per heavy atom. The molecule has 1 aromatic heterocycles. The van der Waals surface area contributed by atoms with Crippen molar-refractivity contribution in [2.75, 3.05) is 0 Å². The smallest absolute Gasteiger partial charge is 0.316 e. The molecule has 0 spiro atoms. The van der Waals surface area contributed by atoms with Crippen LogP contribution in [0.5, 0.6) is 0 Å². The van der Waals surface area contributed by atoms with Crippen LogP contribution in [-0.2, 0) is 21.6 Å². The van der Waals surface area contributed by atoms with Gasteiger partial charge in [0.2, 0.25) is 0 Å². The Morgan fingerprint density at radius 2 is 1.91 bits per heavy atom. The van der Waals surface area contributed by atoms with Gasteiger partial charge in [-0.3, -0.25) is 4.79 Å². The zero-order valence-electron chi connectivity index (χ0n) is 13.4. The molecule has 0 amide bonds. The van der Waals surface area contributed by atoms with Crippen molar-refractivity contribution in [1.82, 2.24) is 5.16 Å². The van der Waals surface area contributed by atoms with Crippen LogP contribution in [0.25, 0.3) is 0 Å². The molecule has 1 aliphatic carbocycles. The molecule has 1 saturated carbocycles. The van der Waals surface area contributed by atoms with Crippen molar-refractivity contribution in [3.8, 4) is 0 Å². The standard InChI is InChI=1S/C18H20ClNO3/c1-12-16(13(2)23-20-12)11-22-17(21)18(9-3-4-10-18)14-5-7-15(19)8-6-14/h5-8H,3-4,9-11H2,1-2H3. The number of hydrogen-bond donors (Lipinski definition) is 0. The maximum absolute atomic E-state index is 12.9. The first-order valence-corrected chi connectivity index (χ1v) is 8.26. The monoisotopic (exact) mass is 333 g/mol. The number of hydrogen-bond acceptors (Lipinski definition) is 4. The Bertz CT molecular complexity index is 680. The highest BCUT2D eigenvalue weighted by Crippen LogP contribution is 2.42. The van der Waals surface area contributed by atoms with Gasteiger partial charge in [-0.25, -0.2) is 0 Å². The van der Waals surface area contributed by atoms with E-state index in [1.807, 2.05) is 38.1 Å². The molecule has 122 valence electrons. The van der Waals surface area contributed by atoms with Crippen LogP contribution in [0.1, 0.15) is 48.3 Å². The van der Waals surface area contributed by atoms with E-state index in [1.165, 1.54) is 0 Å². The van der Waals surface area contributed by atoms with Crippen molar-refractivity contribution in [2.24, 2.45) is 0 Å². The second kappa shape index (κ2) is 6.36. The number of aromatic nitrogens is 1. The number of halogens is 1. The van der Waals surface area contributed by atoms with Gasteiger partial charge in [-0.2, -0.15) is 0 Å². The molecule has 0 unspecified atom stereocenters. The summed E-state index contributed by atoms with van der Waals surface area (Å²) in [6.45, 7) is 3.88. The fourth-order valence-electron chi connectivity index (χ4n) is 3.34. The topological polar surface area (TPSA) is 52.3 Å². The van der Waals surface area contributed by atoms with Crippen LogP contribution in [0.3, 0.4) is 0 Å². The third-order valence-electron chi connectivity index (χ3n) is 4.77. The number of aryl methyl sites for hydroxylation is 2. The van der Waals surface area contributed by atoms with E-state index in [1.54, 1.807) is 0 Å². The highest BCUT2D eigenvalue weighted by Gasteiger charge is 2.44. The van der Waals surface area contributed by atoms with Crippen LogP contribution >= 0.6 is 11.6 Å². The molecule has 23 heavy (non-hydrogen) atoms. The van der Waals surface area contributed by atoms with Gasteiger partial charge in [0.25, 0.3) is 0 Å². The van der Waals surface area contributed by atoms with Crippen molar-refractivity contribution in [3.63, 3.8) is 0 Å². The van der Waals surface area contributed by atoms with Gasteiger partial charge < -0.3 is 9.26 Å². The van der Waals surface area contributed by atoms with Crippen molar-refractivity contribution in [2.45, 2.75) is 51.6 Å². The summed E-state index contributed by atoms with van der Waals surface area (Å²) in [6, 6.07) is 7.53. The van der Waals surface area contributed by atoms with Gasteiger partial charge in [0, 0.05) is 5.02 Å². The van der Waals surface area contributed by atoms with Crippen LogP contribution in [0.4, 0.5) is 0 Å². The number of nitrogens with zero attached hydrogens (tertiary/aromatic N) is 1. The molecule has 3 rings (SSSR count). The summed E-state index contributed by atoms with van der Waals surface area (Å²) >= 11 is 5.97. The molecule has 1 aliphatic rings. The van der Waals surface area contributed by atoms with E-state index in [0.29, 0.717) is 10.8 Å². The van der Waals surface area contributed by atoms with Gasteiger partial charge >= 0.3 is 5.97 Å². The molecule has 1 heterocycles. The first-order valence-electron chi connectivity index (χ1n) is 7.88. The number of esters is 1. The molecule has 2 aromatic rings. The molecule has 4 nitrogen and oxygen atoms in total.